The Morgan fingerprint density at radius 2 is 2.50 bits per heavy atom. The Morgan fingerprint density at radius 1 is 1.72 bits per heavy atom. The van der Waals surface area contributed by atoms with E-state index in [2.05, 4.69) is 16.2 Å². The van der Waals surface area contributed by atoms with Crippen molar-refractivity contribution in [3.05, 3.63) is 30.1 Å². The van der Waals surface area contributed by atoms with E-state index < -0.39 is 0 Å². The normalized spacial score (nSPS) is 15.6. The minimum atomic E-state index is -0.0909. The van der Waals surface area contributed by atoms with Crippen LogP contribution in [0.1, 0.15) is 31.4 Å². The van der Waals surface area contributed by atoms with E-state index >= 15 is 0 Å². The van der Waals surface area contributed by atoms with E-state index in [1.165, 1.54) is 0 Å². The highest BCUT2D eigenvalue weighted by atomic mass is 16.2. The first-order valence-electron chi connectivity index (χ1n) is 6.13. The highest BCUT2D eigenvalue weighted by Crippen LogP contribution is 2.33. The Hall–Kier alpha value is -2.02. The summed E-state index contributed by atoms with van der Waals surface area (Å²) in [5.41, 5.74) is 1.04. The van der Waals surface area contributed by atoms with E-state index in [0.29, 0.717) is 6.04 Å². The second-order valence-corrected chi connectivity index (χ2v) is 4.46. The van der Waals surface area contributed by atoms with Gasteiger partial charge >= 0.3 is 6.03 Å². The number of carbonyl (C=O) groups is 1. The first kappa shape index (κ1) is 12.4. The number of hydrogen-bond acceptors (Lipinski definition) is 2. The van der Waals surface area contributed by atoms with Crippen molar-refractivity contribution in [3.63, 3.8) is 0 Å². The van der Waals surface area contributed by atoms with E-state index in [1.54, 1.807) is 12.4 Å². The first-order chi connectivity index (χ1) is 8.74. The second-order valence-electron chi connectivity index (χ2n) is 4.46. The van der Waals surface area contributed by atoms with Crippen LogP contribution in [0.5, 0.6) is 0 Å². The summed E-state index contributed by atoms with van der Waals surface area (Å²) in [5.74, 6) is 2.42. The molecule has 0 spiro atoms. The van der Waals surface area contributed by atoms with E-state index in [9.17, 15) is 4.79 Å². The van der Waals surface area contributed by atoms with Gasteiger partial charge in [-0.3, -0.25) is 4.98 Å². The summed E-state index contributed by atoms with van der Waals surface area (Å²) in [6, 6.07) is 4.13. The van der Waals surface area contributed by atoms with Gasteiger partial charge in [-0.2, -0.15) is 0 Å². The van der Waals surface area contributed by atoms with Crippen LogP contribution in [0.15, 0.2) is 24.5 Å². The fourth-order valence-corrected chi connectivity index (χ4v) is 2.01. The lowest BCUT2D eigenvalue weighted by Crippen LogP contribution is -2.43. The Kier molecular flexibility index (Phi) is 3.83. The van der Waals surface area contributed by atoms with Crippen molar-refractivity contribution >= 4 is 6.03 Å². The molecule has 1 aromatic rings. The number of rotatable bonds is 4. The first-order valence-corrected chi connectivity index (χ1v) is 6.13. The van der Waals surface area contributed by atoms with Crippen LogP contribution in [0.3, 0.4) is 0 Å². The van der Waals surface area contributed by atoms with Crippen molar-refractivity contribution < 1.29 is 4.79 Å². The molecule has 0 saturated heterocycles. The number of nitrogens with one attached hydrogen (secondary N) is 1. The molecule has 4 heteroatoms. The quantitative estimate of drug-likeness (QED) is 0.821. The van der Waals surface area contributed by atoms with Crippen molar-refractivity contribution in [2.75, 3.05) is 6.54 Å². The molecule has 18 heavy (non-hydrogen) atoms. The van der Waals surface area contributed by atoms with E-state index in [1.807, 2.05) is 24.0 Å². The molecule has 1 aliphatic carbocycles. The second kappa shape index (κ2) is 5.54. The van der Waals surface area contributed by atoms with Crippen LogP contribution in [-0.4, -0.2) is 28.5 Å². The lowest BCUT2D eigenvalue weighted by molar-refractivity contribution is 0.176. The maximum Gasteiger partial charge on any atom is 0.318 e. The average Bonchev–Trinajstić information content (AvgIpc) is 3.22. The molecule has 0 unspecified atom stereocenters. The minimum Gasteiger partial charge on any atom is -0.327 e. The monoisotopic (exact) mass is 243 g/mol. The largest absolute Gasteiger partial charge is 0.327 e. The fourth-order valence-electron chi connectivity index (χ4n) is 2.01. The lowest BCUT2D eigenvalue weighted by Gasteiger charge is -2.29. The van der Waals surface area contributed by atoms with Crippen molar-refractivity contribution in [1.82, 2.24) is 15.2 Å². The zero-order chi connectivity index (χ0) is 13.0. The van der Waals surface area contributed by atoms with Gasteiger partial charge in [0.1, 0.15) is 0 Å². The van der Waals surface area contributed by atoms with Gasteiger partial charge in [0, 0.05) is 18.4 Å². The molecule has 0 radical (unpaired) electrons. The summed E-state index contributed by atoms with van der Waals surface area (Å²) in [6.07, 6.45) is 10.8. The zero-order valence-corrected chi connectivity index (χ0v) is 10.5. The molecule has 0 bridgehead atoms. The number of amides is 2. The van der Waals surface area contributed by atoms with Gasteiger partial charge in [-0.15, -0.1) is 6.42 Å². The molecule has 1 heterocycles. The number of terminal acetylenes is 1. The molecule has 1 atom stereocenters. The standard InChI is InChI=1S/C14H17N3O/c1-3-8-16-14(18)17(13-6-7-13)11(2)12-5-4-9-15-10-12/h1,4-5,9-11,13H,6-8H2,2H3,(H,16,18)/t11-/m0/s1. The van der Waals surface area contributed by atoms with Crippen LogP contribution >= 0.6 is 0 Å². The topological polar surface area (TPSA) is 45.2 Å². The third kappa shape index (κ3) is 2.80. The molecule has 1 N–H and O–H groups in total. The summed E-state index contributed by atoms with van der Waals surface area (Å²) in [7, 11) is 0. The SMILES string of the molecule is C#CCNC(=O)N(C1CC1)[C@@H](C)c1cccnc1. The molecule has 1 aliphatic rings. The molecule has 2 rings (SSSR count). The fraction of sp³-hybridized carbons (Fsp3) is 0.429. The third-order valence-corrected chi connectivity index (χ3v) is 3.10. The van der Waals surface area contributed by atoms with Gasteiger partial charge in [-0.25, -0.2) is 4.79 Å². The number of nitrogens with zero attached hydrogens (tertiary/aromatic N) is 2. The predicted molar refractivity (Wildman–Crippen MR) is 69.7 cm³/mol. The minimum absolute atomic E-state index is 0.0176. The molecule has 0 aromatic carbocycles. The van der Waals surface area contributed by atoms with Crippen LogP contribution in [0.25, 0.3) is 0 Å². The summed E-state index contributed by atoms with van der Waals surface area (Å²) < 4.78 is 0. The number of carbonyl (C=O) groups excluding carboxylic acids is 1. The molecule has 0 aliphatic heterocycles. The van der Waals surface area contributed by atoms with Crippen LogP contribution in [0.2, 0.25) is 0 Å². The van der Waals surface area contributed by atoms with Gasteiger partial charge in [0.2, 0.25) is 0 Å². The van der Waals surface area contributed by atoms with Gasteiger partial charge in [-0.1, -0.05) is 12.0 Å². The molecule has 94 valence electrons. The molecule has 1 saturated carbocycles. The Labute approximate surface area is 107 Å². The number of aromatic nitrogens is 1. The summed E-state index contributed by atoms with van der Waals surface area (Å²) in [5, 5.41) is 2.73. The molecule has 1 aromatic heterocycles. The van der Waals surface area contributed by atoms with Crippen LogP contribution in [0.4, 0.5) is 4.79 Å². The van der Waals surface area contributed by atoms with Crippen molar-refractivity contribution in [2.24, 2.45) is 0 Å². The Bertz CT molecular complexity index is 448. The van der Waals surface area contributed by atoms with Crippen LogP contribution < -0.4 is 5.32 Å². The van der Waals surface area contributed by atoms with Gasteiger partial charge in [0.05, 0.1) is 12.6 Å². The van der Waals surface area contributed by atoms with Gasteiger partial charge < -0.3 is 10.2 Å². The molecular formula is C14H17N3O. The maximum absolute atomic E-state index is 12.1. The van der Waals surface area contributed by atoms with Crippen LogP contribution in [-0.2, 0) is 0 Å². The van der Waals surface area contributed by atoms with Crippen molar-refractivity contribution in [2.45, 2.75) is 31.8 Å². The highest BCUT2D eigenvalue weighted by Gasteiger charge is 2.36. The Balaban J connectivity index is 2.10. The summed E-state index contributed by atoms with van der Waals surface area (Å²) >= 11 is 0. The average molecular weight is 243 g/mol. The molecule has 1 fully saturated rings. The molecular weight excluding hydrogens is 226 g/mol. The van der Waals surface area contributed by atoms with Gasteiger partial charge in [-0.05, 0) is 31.4 Å². The number of pyridine rings is 1. The zero-order valence-electron chi connectivity index (χ0n) is 10.5. The molecule has 2 amide bonds. The van der Waals surface area contributed by atoms with Gasteiger partial charge in [0.25, 0.3) is 0 Å². The number of hydrogen-bond donors (Lipinski definition) is 1. The lowest BCUT2D eigenvalue weighted by atomic mass is 10.1. The summed E-state index contributed by atoms with van der Waals surface area (Å²) in [6.45, 7) is 2.28. The van der Waals surface area contributed by atoms with E-state index in [4.69, 9.17) is 6.42 Å². The number of urea groups is 1. The van der Waals surface area contributed by atoms with Crippen molar-refractivity contribution in [1.29, 1.82) is 0 Å². The predicted octanol–water partition coefficient (Wildman–Crippen LogP) is 1.95. The summed E-state index contributed by atoms with van der Waals surface area (Å²) in [4.78, 5) is 18.1. The Morgan fingerprint density at radius 3 is 3.06 bits per heavy atom. The van der Waals surface area contributed by atoms with Crippen molar-refractivity contribution in [3.8, 4) is 12.3 Å². The molecule has 4 nitrogen and oxygen atoms in total. The van der Waals surface area contributed by atoms with E-state index in [-0.39, 0.29) is 18.6 Å². The smallest absolute Gasteiger partial charge is 0.318 e. The maximum atomic E-state index is 12.1. The van der Waals surface area contributed by atoms with Crippen LogP contribution in [0, 0.1) is 12.3 Å². The van der Waals surface area contributed by atoms with Gasteiger partial charge in [0.15, 0.2) is 0 Å². The third-order valence-electron chi connectivity index (χ3n) is 3.10. The highest BCUT2D eigenvalue weighted by molar-refractivity contribution is 5.75. The van der Waals surface area contributed by atoms with E-state index in [0.717, 1.165) is 18.4 Å².